The minimum atomic E-state index is -1.28. The molecule has 2 amide bonds. The lowest BCUT2D eigenvalue weighted by Crippen LogP contribution is -2.51. The molecule has 0 saturated carbocycles. The lowest BCUT2D eigenvalue weighted by Gasteiger charge is -2.19. The van der Waals surface area contributed by atoms with E-state index in [0.29, 0.717) is 5.56 Å². The Bertz CT molecular complexity index is 958. The van der Waals surface area contributed by atoms with E-state index >= 15 is 0 Å². The van der Waals surface area contributed by atoms with Gasteiger partial charge in [0.05, 0.1) is 17.6 Å². The topological polar surface area (TPSA) is 119 Å². The van der Waals surface area contributed by atoms with Crippen molar-refractivity contribution in [2.75, 3.05) is 0 Å². The number of hydrogen-bond donors (Lipinski definition) is 5. The summed E-state index contributed by atoms with van der Waals surface area (Å²) in [5.41, 5.74) is 2.31. The molecule has 2 atom stereocenters. The van der Waals surface area contributed by atoms with E-state index in [-0.39, 0.29) is 12.2 Å². The molecule has 0 saturated heterocycles. The monoisotopic (exact) mass is 398 g/mol. The van der Waals surface area contributed by atoms with Gasteiger partial charge in [0.1, 0.15) is 6.04 Å². The summed E-state index contributed by atoms with van der Waals surface area (Å²) in [7, 11) is 0. The molecular formula is C20H18N2O5S. The fourth-order valence-corrected chi connectivity index (χ4v) is 2.85. The number of carbonyl (C=O) groups is 2. The van der Waals surface area contributed by atoms with Gasteiger partial charge in [-0.05, 0) is 61.1 Å². The van der Waals surface area contributed by atoms with Gasteiger partial charge in [-0.3, -0.25) is 14.8 Å². The van der Waals surface area contributed by atoms with Gasteiger partial charge < -0.3 is 15.5 Å². The number of hydroxylamine groups is 1. The smallest absolute Gasteiger partial charge is 0.268 e. The quantitative estimate of drug-likeness (QED) is 0.288. The standard InChI is InChI=1S/C20H18N2O5S/c1-13(24)18(20(26)22-27)21-19(25)15-8-6-14(7-9-15)4-2-3-5-16-10-11-17(12-23)28-16/h6-11,13,18,23-24,27H,12H2,1H3,(H,21,25)(H,22,26)/t13-,18-/m0/s1. The first kappa shape index (κ1) is 21.2. The lowest BCUT2D eigenvalue weighted by atomic mass is 10.1. The van der Waals surface area contributed by atoms with E-state index in [1.165, 1.54) is 35.9 Å². The maximum Gasteiger partial charge on any atom is 0.268 e. The molecule has 2 aromatic rings. The van der Waals surface area contributed by atoms with Gasteiger partial charge in [0.25, 0.3) is 11.8 Å². The van der Waals surface area contributed by atoms with Gasteiger partial charge in [-0.1, -0.05) is 5.92 Å². The van der Waals surface area contributed by atoms with Crippen LogP contribution in [-0.4, -0.2) is 39.4 Å². The van der Waals surface area contributed by atoms with Crippen molar-refractivity contribution in [3.63, 3.8) is 0 Å². The number of rotatable bonds is 5. The molecule has 1 heterocycles. The van der Waals surface area contributed by atoms with Crippen molar-refractivity contribution in [1.82, 2.24) is 10.8 Å². The summed E-state index contributed by atoms with van der Waals surface area (Å²) in [6, 6.07) is 8.64. The predicted octanol–water partition coefficient (Wildman–Crippen LogP) is 0.628. The molecule has 0 fully saturated rings. The zero-order valence-corrected chi connectivity index (χ0v) is 15.7. The van der Waals surface area contributed by atoms with Crippen LogP contribution >= 0.6 is 11.3 Å². The van der Waals surface area contributed by atoms with Gasteiger partial charge in [-0.25, -0.2) is 5.48 Å². The molecule has 0 spiro atoms. The molecule has 8 heteroatoms. The molecule has 144 valence electrons. The number of carbonyl (C=O) groups excluding carboxylic acids is 2. The largest absolute Gasteiger partial charge is 0.391 e. The minimum absolute atomic E-state index is 0.0133. The highest BCUT2D eigenvalue weighted by Crippen LogP contribution is 2.14. The van der Waals surface area contributed by atoms with Gasteiger partial charge in [-0.2, -0.15) is 0 Å². The third kappa shape index (κ3) is 5.95. The normalized spacial score (nSPS) is 11.9. The molecule has 1 aromatic carbocycles. The number of benzene rings is 1. The molecule has 0 aliphatic rings. The zero-order chi connectivity index (χ0) is 20.5. The molecule has 5 N–H and O–H groups in total. The van der Waals surface area contributed by atoms with Crippen LogP contribution in [-0.2, 0) is 11.4 Å². The summed E-state index contributed by atoms with van der Waals surface area (Å²) in [5.74, 6) is 9.68. The maximum atomic E-state index is 12.2. The number of aliphatic hydroxyl groups is 2. The summed E-state index contributed by atoms with van der Waals surface area (Å²) in [4.78, 5) is 25.3. The van der Waals surface area contributed by atoms with E-state index in [2.05, 4.69) is 29.0 Å². The van der Waals surface area contributed by atoms with Crippen LogP contribution in [0, 0.1) is 23.7 Å². The number of thiophene rings is 1. The van der Waals surface area contributed by atoms with Crippen molar-refractivity contribution >= 4 is 23.2 Å². The molecular weight excluding hydrogens is 380 g/mol. The Labute approximate surface area is 166 Å². The Morgan fingerprint density at radius 3 is 2.36 bits per heavy atom. The summed E-state index contributed by atoms with van der Waals surface area (Å²) in [6.45, 7) is 1.31. The third-order valence-corrected chi connectivity index (χ3v) is 4.57. The van der Waals surface area contributed by atoms with Gasteiger partial charge in [-0.15, -0.1) is 11.3 Å². The van der Waals surface area contributed by atoms with E-state index in [4.69, 9.17) is 10.3 Å². The highest BCUT2D eigenvalue weighted by Gasteiger charge is 2.25. The fraction of sp³-hybridized carbons (Fsp3) is 0.200. The van der Waals surface area contributed by atoms with E-state index in [1.54, 1.807) is 18.2 Å². The number of aliphatic hydroxyl groups excluding tert-OH is 2. The molecule has 0 aliphatic carbocycles. The average Bonchev–Trinajstić information content (AvgIpc) is 3.17. The van der Waals surface area contributed by atoms with Crippen molar-refractivity contribution in [3.05, 3.63) is 57.3 Å². The van der Waals surface area contributed by atoms with Crippen molar-refractivity contribution in [2.24, 2.45) is 0 Å². The third-order valence-electron chi connectivity index (χ3n) is 3.58. The van der Waals surface area contributed by atoms with Gasteiger partial charge in [0.15, 0.2) is 0 Å². The van der Waals surface area contributed by atoms with Crippen LogP contribution in [0.1, 0.15) is 32.6 Å². The minimum Gasteiger partial charge on any atom is -0.391 e. The summed E-state index contributed by atoms with van der Waals surface area (Å²) in [5, 5.41) is 29.6. The molecule has 0 unspecified atom stereocenters. The van der Waals surface area contributed by atoms with Crippen LogP contribution in [0.25, 0.3) is 0 Å². The van der Waals surface area contributed by atoms with E-state index in [9.17, 15) is 14.7 Å². The van der Waals surface area contributed by atoms with Crippen molar-refractivity contribution in [1.29, 1.82) is 0 Å². The van der Waals surface area contributed by atoms with Crippen LogP contribution in [0.2, 0.25) is 0 Å². The highest BCUT2D eigenvalue weighted by atomic mass is 32.1. The predicted molar refractivity (Wildman–Crippen MR) is 103 cm³/mol. The lowest BCUT2D eigenvalue weighted by molar-refractivity contribution is -0.133. The van der Waals surface area contributed by atoms with Crippen LogP contribution in [0.5, 0.6) is 0 Å². The first-order valence-corrected chi connectivity index (χ1v) is 9.00. The van der Waals surface area contributed by atoms with E-state index in [0.717, 1.165) is 9.75 Å². The Balaban J connectivity index is 2.01. The Morgan fingerprint density at radius 2 is 1.79 bits per heavy atom. The number of nitrogens with one attached hydrogen (secondary N) is 2. The van der Waals surface area contributed by atoms with Gasteiger partial charge in [0, 0.05) is 16.0 Å². The highest BCUT2D eigenvalue weighted by molar-refractivity contribution is 7.12. The van der Waals surface area contributed by atoms with Crippen molar-refractivity contribution < 1.29 is 25.0 Å². The number of amides is 2. The molecule has 28 heavy (non-hydrogen) atoms. The van der Waals surface area contributed by atoms with Crippen LogP contribution in [0.3, 0.4) is 0 Å². The fourth-order valence-electron chi connectivity index (χ4n) is 2.13. The SMILES string of the molecule is C[C@H](O)[C@H](NC(=O)c1ccc(C#CC#Cc2ccc(CO)s2)cc1)C(=O)NO. The second-order valence-electron chi connectivity index (χ2n) is 5.67. The molecule has 1 aromatic heterocycles. The maximum absolute atomic E-state index is 12.2. The second-order valence-corrected chi connectivity index (χ2v) is 6.84. The molecule has 7 nitrogen and oxygen atoms in total. The van der Waals surface area contributed by atoms with E-state index in [1.807, 2.05) is 6.07 Å². The summed E-state index contributed by atoms with van der Waals surface area (Å²) in [6.07, 6.45) is -1.18. The first-order chi connectivity index (χ1) is 13.4. The zero-order valence-electron chi connectivity index (χ0n) is 14.9. The average molecular weight is 398 g/mol. The molecule has 0 bridgehead atoms. The van der Waals surface area contributed by atoms with Crippen LogP contribution in [0.15, 0.2) is 36.4 Å². The Hall–Kier alpha value is -3.14. The van der Waals surface area contributed by atoms with E-state index < -0.39 is 24.0 Å². The van der Waals surface area contributed by atoms with Crippen LogP contribution < -0.4 is 10.8 Å². The van der Waals surface area contributed by atoms with Crippen molar-refractivity contribution in [2.45, 2.75) is 25.7 Å². The van der Waals surface area contributed by atoms with Crippen molar-refractivity contribution in [3.8, 4) is 23.7 Å². The molecule has 0 radical (unpaired) electrons. The first-order valence-electron chi connectivity index (χ1n) is 8.19. The summed E-state index contributed by atoms with van der Waals surface area (Å²) < 4.78 is 0. The van der Waals surface area contributed by atoms with Gasteiger partial charge >= 0.3 is 0 Å². The molecule has 2 rings (SSSR count). The van der Waals surface area contributed by atoms with Gasteiger partial charge in [0.2, 0.25) is 0 Å². The Morgan fingerprint density at radius 1 is 1.11 bits per heavy atom. The Kier molecular flexibility index (Phi) is 7.76. The second kappa shape index (κ2) is 10.3. The molecule has 0 aliphatic heterocycles. The number of hydrogen-bond acceptors (Lipinski definition) is 6. The summed E-state index contributed by atoms with van der Waals surface area (Å²) >= 11 is 1.40. The van der Waals surface area contributed by atoms with Crippen LogP contribution in [0.4, 0.5) is 0 Å².